The van der Waals surface area contributed by atoms with E-state index >= 15 is 0 Å². The first-order valence-electron chi connectivity index (χ1n) is 17.0. The van der Waals surface area contributed by atoms with Gasteiger partial charge in [0.2, 0.25) is 5.91 Å². The number of hydrogen-bond acceptors (Lipinski definition) is 9. The Bertz CT molecular complexity index is 1430. The van der Waals surface area contributed by atoms with Crippen molar-refractivity contribution in [3.05, 3.63) is 95.6 Å². The van der Waals surface area contributed by atoms with Crippen LogP contribution < -0.4 is 15.2 Å². The van der Waals surface area contributed by atoms with E-state index in [2.05, 4.69) is 4.74 Å². The van der Waals surface area contributed by atoms with E-state index in [-0.39, 0.29) is 43.7 Å². The molecule has 1 aliphatic heterocycles. The topological polar surface area (TPSA) is 138 Å². The molecular weight excluding hydrogens is 624 g/mol. The van der Waals surface area contributed by atoms with Gasteiger partial charge in [0.25, 0.3) is 0 Å². The number of aliphatic hydroxyl groups is 1. The van der Waals surface area contributed by atoms with Gasteiger partial charge < -0.3 is 34.7 Å². The first kappa shape index (κ1) is 37.6. The number of carbonyl (C=O) groups excluding carboxylic acids is 3. The molecule has 0 unspecified atom stereocenters. The summed E-state index contributed by atoms with van der Waals surface area (Å²) in [6.45, 7) is 0.468. The molecule has 3 aromatic carbocycles. The second-order valence-corrected chi connectivity index (χ2v) is 12.5. The number of esters is 1. The zero-order chi connectivity index (χ0) is 35.2. The maximum absolute atomic E-state index is 13.5. The average molecular weight is 675 g/mol. The van der Waals surface area contributed by atoms with Crippen molar-refractivity contribution in [1.29, 1.82) is 0 Å². The molecule has 3 atom stereocenters. The van der Waals surface area contributed by atoms with Crippen molar-refractivity contribution in [3.8, 4) is 11.5 Å². The number of β-amino-alcohol motifs (C(OH)–C–C–N with tert-alkyl or cyclic N) is 1. The molecular formula is C39H50N2O8. The summed E-state index contributed by atoms with van der Waals surface area (Å²) in [5, 5.41) is 10.7. The van der Waals surface area contributed by atoms with Crippen molar-refractivity contribution >= 4 is 17.7 Å². The predicted molar refractivity (Wildman–Crippen MR) is 186 cm³/mol. The van der Waals surface area contributed by atoms with Gasteiger partial charge in [-0.1, -0.05) is 67.4 Å². The number of unbranched alkanes of at least 4 members (excludes halogenated alkanes) is 3. The second kappa shape index (κ2) is 18.5. The lowest BCUT2D eigenvalue weighted by molar-refractivity contribution is -0.142. The maximum atomic E-state index is 13.5. The van der Waals surface area contributed by atoms with E-state index in [1.165, 1.54) is 7.11 Å². The van der Waals surface area contributed by atoms with E-state index in [1.54, 1.807) is 19.1 Å². The van der Waals surface area contributed by atoms with Gasteiger partial charge in [-0.05, 0) is 66.6 Å². The third-order valence-corrected chi connectivity index (χ3v) is 9.21. The van der Waals surface area contributed by atoms with E-state index in [4.69, 9.17) is 19.9 Å². The normalized spacial score (nSPS) is 16.6. The third kappa shape index (κ3) is 9.90. The average Bonchev–Trinajstić information content (AvgIpc) is 3.52. The first-order chi connectivity index (χ1) is 23.7. The molecule has 264 valence electrons. The number of methoxy groups -OCH3 is 3. The Kier molecular flexibility index (Phi) is 14.2. The fraction of sp³-hybridized carbons (Fsp3) is 0.462. The van der Waals surface area contributed by atoms with Crippen molar-refractivity contribution in [2.45, 2.75) is 81.6 Å². The zero-order valence-corrected chi connectivity index (χ0v) is 28.8. The monoisotopic (exact) mass is 674 g/mol. The molecule has 0 radical (unpaired) electrons. The summed E-state index contributed by atoms with van der Waals surface area (Å²) in [4.78, 5) is 38.8. The Labute approximate surface area is 289 Å². The van der Waals surface area contributed by atoms with Gasteiger partial charge in [0.05, 0.1) is 40.1 Å². The minimum Gasteiger partial charge on any atom is -0.497 e. The summed E-state index contributed by atoms with van der Waals surface area (Å²) in [7, 11) is 4.54. The molecule has 4 rings (SSSR count). The van der Waals surface area contributed by atoms with Crippen LogP contribution >= 0.6 is 0 Å². The van der Waals surface area contributed by atoms with E-state index in [9.17, 15) is 19.5 Å². The molecule has 49 heavy (non-hydrogen) atoms. The number of likely N-dealkylation sites (tertiary alicyclic amines) is 1. The Balaban J connectivity index is 1.42. The standard InChI is InChI=1S/C39H50N2O8/c1-46-34-20-15-29(16-21-34)39(28-11-7-6-8-12-28,30-17-22-35(47-2)23-18-30)49-27-31-25-33(43)26-41(31)37(44)14-10-5-4-9-13-32(42)19-24-36(40)38(45)48-3/h6-8,11-12,15-18,20-23,31,33,36,43H,4-5,9-10,13-14,19,24-27,40H2,1-3H3/t31-,33+,36+/m0/s1. The Morgan fingerprint density at radius 2 is 1.35 bits per heavy atom. The SMILES string of the molecule is COC(=O)[C@H](N)CCC(=O)CCCCCCC(=O)N1C[C@H](O)C[C@H]1COC(c1ccccc1)(c1ccc(OC)cc1)c1ccc(OC)cc1. The van der Waals surface area contributed by atoms with Gasteiger partial charge in [-0.2, -0.15) is 0 Å². The number of hydrogen-bond donors (Lipinski definition) is 2. The fourth-order valence-electron chi connectivity index (χ4n) is 6.46. The van der Waals surface area contributed by atoms with Crippen molar-refractivity contribution in [2.75, 3.05) is 34.5 Å². The highest BCUT2D eigenvalue weighted by Crippen LogP contribution is 2.42. The summed E-state index contributed by atoms with van der Waals surface area (Å²) in [5.74, 6) is 0.991. The summed E-state index contributed by atoms with van der Waals surface area (Å²) in [6.07, 6.45) is 4.12. The van der Waals surface area contributed by atoms with Crippen LogP contribution in [0.2, 0.25) is 0 Å². The number of nitrogens with two attached hydrogens (primary N) is 1. The summed E-state index contributed by atoms with van der Waals surface area (Å²) in [6, 6.07) is 24.5. The Hall–Kier alpha value is -4.25. The third-order valence-electron chi connectivity index (χ3n) is 9.21. The van der Waals surface area contributed by atoms with E-state index in [0.29, 0.717) is 25.7 Å². The van der Waals surface area contributed by atoms with Crippen LogP contribution in [0, 0.1) is 0 Å². The molecule has 0 aliphatic carbocycles. The number of aliphatic hydroxyl groups excluding tert-OH is 1. The minimum absolute atomic E-state index is 0.0165. The van der Waals surface area contributed by atoms with Gasteiger partial charge >= 0.3 is 5.97 Å². The highest BCUT2D eigenvalue weighted by molar-refractivity contribution is 5.80. The van der Waals surface area contributed by atoms with Crippen molar-refractivity contribution in [3.63, 3.8) is 0 Å². The molecule has 0 aromatic heterocycles. The number of amides is 1. The number of rotatable bonds is 19. The van der Waals surface area contributed by atoms with Crippen LogP contribution in [0.15, 0.2) is 78.9 Å². The summed E-state index contributed by atoms with van der Waals surface area (Å²) < 4.78 is 22.5. The number of benzene rings is 3. The van der Waals surface area contributed by atoms with Crippen LogP contribution in [0.25, 0.3) is 0 Å². The van der Waals surface area contributed by atoms with Gasteiger partial charge in [-0.25, -0.2) is 0 Å². The molecule has 0 bridgehead atoms. The molecule has 1 amide bonds. The quantitative estimate of drug-likeness (QED) is 0.100. The maximum Gasteiger partial charge on any atom is 0.322 e. The van der Waals surface area contributed by atoms with Gasteiger partial charge in [0, 0.05) is 25.8 Å². The van der Waals surface area contributed by atoms with Crippen LogP contribution in [0.4, 0.5) is 0 Å². The largest absolute Gasteiger partial charge is 0.497 e. The number of ketones is 1. The summed E-state index contributed by atoms with van der Waals surface area (Å²) in [5.41, 5.74) is 7.40. The van der Waals surface area contributed by atoms with E-state index in [0.717, 1.165) is 47.5 Å². The zero-order valence-electron chi connectivity index (χ0n) is 28.8. The fourth-order valence-corrected chi connectivity index (χ4v) is 6.46. The number of carbonyl (C=O) groups is 3. The lowest BCUT2D eigenvalue weighted by atomic mass is 9.80. The van der Waals surface area contributed by atoms with Crippen molar-refractivity contribution in [2.24, 2.45) is 5.73 Å². The van der Waals surface area contributed by atoms with Crippen molar-refractivity contribution < 1.29 is 38.4 Å². The highest BCUT2D eigenvalue weighted by Gasteiger charge is 2.41. The highest BCUT2D eigenvalue weighted by atomic mass is 16.5. The first-order valence-corrected chi connectivity index (χ1v) is 17.0. The minimum atomic E-state index is -1.02. The molecule has 1 saturated heterocycles. The molecule has 0 spiro atoms. The molecule has 3 N–H and O–H groups in total. The van der Waals surface area contributed by atoms with Gasteiger partial charge in [-0.3, -0.25) is 14.4 Å². The Morgan fingerprint density at radius 3 is 1.90 bits per heavy atom. The lowest BCUT2D eigenvalue weighted by Gasteiger charge is -2.38. The molecule has 10 nitrogen and oxygen atoms in total. The molecule has 10 heteroatoms. The molecule has 1 aliphatic rings. The van der Waals surface area contributed by atoms with Crippen LogP contribution in [-0.4, -0.2) is 80.3 Å². The molecule has 0 saturated carbocycles. The van der Waals surface area contributed by atoms with Gasteiger partial charge in [-0.15, -0.1) is 0 Å². The number of nitrogens with zero attached hydrogens (tertiary/aromatic N) is 1. The Morgan fingerprint density at radius 1 is 0.796 bits per heavy atom. The number of ether oxygens (including phenoxy) is 4. The van der Waals surface area contributed by atoms with Gasteiger partial charge in [0.1, 0.15) is 28.9 Å². The summed E-state index contributed by atoms with van der Waals surface area (Å²) >= 11 is 0. The smallest absolute Gasteiger partial charge is 0.322 e. The van der Waals surface area contributed by atoms with Crippen molar-refractivity contribution in [1.82, 2.24) is 4.90 Å². The van der Waals surface area contributed by atoms with E-state index < -0.39 is 23.7 Å². The molecule has 3 aromatic rings. The van der Waals surface area contributed by atoms with Gasteiger partial charge in [0.15, 0.2) is 0 Å². The van der Waals surface area contributed by atoms with Crippen LogP contribution in [0.5, 0.6) is 11.5 Å². The van der Waals surface area contributed by atoms with Crippen LogP contribution in [0.1, 0.15) is 74.5 Å². The van der Waals surface area contributed by atoms with Crippen LogP contribution in [0.3, 0.4) is 0 Å². The predicted octanol–water partition coefficient (Wildman–Crippen LogP) is 5.16. The second-order valence-electron chi connectivity index (χ2n) is 12.5. The molecule has 1 fully saturated rings. The number of Topliss-reactive ketones (excluding diaryl/α,β-unsaturated/α-hetero) is 1. The van der Waals surface area contributed by atoms with Crippen LogP contribution in [-0.2, 0) is 29.5 Å². The lowest BCUT2D eigenvalue weighted by Crippen LogP contribution is -2.42. The van der Waals surface area contributed by atoms with E-state index in [1.807, 2.05) is 78.9 Å². The molecule has 1 heterocycles.